The number of carbonyl (C=O) groups is 2. The molecule has 1 atom stereocenters. The van der Waals surface area contributed by atoms with Crippen molar-refractivity contribution in [1.82, 2.24) is 19.9 Å². The number of nitrogens with two attached hydrogens (primary N) is 1. The Labute approximate surface area is 207 Å². The van der Waals surface area contributed by atoms with E-state index >= 15 is 0 Å². The van der Waals surface area contributed by atoms with Gasteiger partial charge in [0.2, 0.25) is 11.8 Å². The number of hydrogen-bond acceptors (Lipinski definition) is 7. The maximum Gasteiger partial charge on any atom is 0.314 e. The van der Waals surface area contributed by atoms with Crippen molar-refractivity contribution in [2.24, 2.45) is 5.73 Å². The molecule has 12 nitrogen and oxygen atoms in total. The van der Waals surface area contributed by atoms with Gasteiger partial charge in [0.05, 0.1) is 28.5 Å². The van der Waals surface area contributed by atoms with Gasteiger partial charge in [0, 0.05) is 41.7 Å². The van der Waals surface area contributed by atoms with E-state index in [1.54, 1.807) is 6.20 Å². The second kappa shape index (κ2) is 10.0. The van der Waals surface area contributed by atoms with Gasteiger partial charge in [-0.2, -0.15) is 0 Å². The molecule has 0 bridgehead atoms. The first-order chi connectivity index (χ1) is 16.2. The summed E-state index contributed by atoms with van der Waals surface area (Å²) in [4.78, 5) is 68.3. The molecule has 13 heteroatoms. The van der Waals surface area contributed by atoms with Gasteiger partial charge in [0.15, 0.2) is 0 Å². The number of aromatic amines is 3. The van der Waals surface area contributed by atoms with Crippen LogP contribution in [0.4, 0.5) is 5.69 Å². The number of nitrogens with one attached hydrogen (secondary N) is 3. The van der Waals surface area contributed by atoms with Crippen molar-refractivity contribution < 1.29 is 14.5 Å². The van der Waals surface area contributed by atoms with Gasteiger partial charge in [-0.25, -0.2) is 0 Å². The highest BCUT2D eigenvalue weighted by Gasteiger charge is 2.27. The van der Waals surface area contributed by atoms with E-state index in [2.05, 4.69) is 15.0 Å². The molecule has 2 aromatic heterocycles. The lowest BCUT2D eigenvalue weighted by Gasteiger charge is -2.23. The maximum atomic E-state index is 13.1. The van der Waals surface area contributed by atoms with E-state index in [1.165, 1.54) is 6.92 Å². The first kappa shape index (κ1) is 25.5. The van der Waals surface area contributed by atoms with E-state index < -0.39 is 40.4 Å². The number of hydrogen-bond donors (Lipinski definition) is 4. The summed E-state index contributed by atoms with van der Waals surface area (Å²) in [5.41, 5.74) is 5.64. The van der Waals surface area contributed by atoms with Crippen molar-refractivity contribution >= 4 is 56.4 Å². The summed E-state index contributed by atoms with van der Waals surface area (Å²) in [7, 11) is 0. The van der Waals surface area contributed by atoms with Crippen LogP contribution in [0.3, 0.4) is 0 Å². The molecular weight excluding hydrogens is 524 g/mol. The molecule has 0 aliphatic heterocycles. The third-order valence-corrected chi connectivity index (χ3v) is 5.52. The second-order valence-electron chi connectivity index (χ2n) is 7.81. The minimum atomic E-state index is -1.08. The molecule has 2 amide bonds. The minimum absolute atomic E-state index is 0. The van der Waals surface area contributed by atoms with Crippen LogP contribution in [0.2, 0.25) is 0 Å². The van der Waals surface area contributed by atoms with Crippen LogP contribution in [0.1, 0.15) is 18.1 Å². The molecule has 0 radical (unpaired) electrons. The standard InChI is InChI=1S/C22H20N6O6.BrH/c1-11(29)27(22(32)16(23)7-12-9-24-17-5-3-2-4-15(12)17)10-13-6-14(28(33)34)8-18-19(13)26-21(31)20(30)25-18;/h2-6,8-9,16,24H,7,10,23H2,1H3,(H,25,30)(H,26,31);1H/t16-;/m0./s1. The molecule has 0 aliphatic carbocycles. The SMILES string of the molecule is Br.CC(=O)N(Cc1cc([N+](=O)[O-])cc2[nH]c(=O)c(=O)[nH]c12)C(=O)[C@@H](N)Cc1c[nH]c2ccccc12. The van der Waals surface area contributed by atoms with Crippen LogP contribution in [-0.2, 0) is 22.6 Å². The van der Waals surface area contributed by atoms with Crippen molar-refractivity contribution in [3.63, 3.8) is 0 Å². The monoisotopic (exact) mass is 544 g/mol. The van der Waals surface area contributed by atoms with Crippen LogP contribution < -0.4 is 16.9 Å². The Kier molecular flexibility index (Phi) is 7.31. The van der Waals surface area contributed by atoms with Gasteiger partial charge in [-0.05, 0) is 18.1 Å². The molecule has 0 fully saturated rings. The largest absolute Gasteiger partial charge is 0.361 e. The van der Waals surface area contributed by atoms with E-state index in [0.717, 1.165) is 33.5 Å². The average Bonchev–Trinajstić information content (AvgIpc) is 3.20. The summed E-state index contributed by atoms with van der Waals surface area (Å²) in [5, 5.41) is 12.3. The van der Waals surface area contributed by atoms with Gasteiger partial charge < -0.3 is 20.7 Å². The predicted octanol–water partition coefficient (Wildman–Crippen LogP) is 1.63. The predicted molar refractivity (Wildman–Crippen MR) is 133 cm³/mol. The number of nitro benzene ring substituents is 1. The Morgan fingerprint density at radius 3 is 2.46 bits per heavy atom. The fraction of sp³-hybridized carbons (Fsp3) is 0.182. The number of nitro groups is 1. The van der Waals surface area contributed by atoms with Crippen LogP contribution in [-0.4, -0.2) is 42.6 Å². The Morgan fingerprint density at radius 2 is 1.77 bits per heavy atom. The van der Waals surface area contributed by atoms with Crippen molar-refractivity contribution in [2.45, 2.75) is 25.9 Å². The van der Waals surface area contributed by atoms with Crippen molar-refractivity contribution in [3.05, 3.63) is 84.5 Å². The summed E-state index contributed by atoms with van der Waals surface area (Å²) < 4.78 is 0. The highest BCUT2D eigenvalue weighted by molar-refractivity contribution is 8.93. The van der Waals surface area contributed by atoms with E-state index in [-0.39, 0.29) is 45.7 Å². The van der Waals surface area contributed by atoms with Crippen LogP contribution >= 0.6 is 17.0 Å². The molecule has 4 rings (SSSR count). The molecular formula is C22H21BrN6O6. The molecule has 35 heavy (non-hydrogen) atoms. The number of para-hydroxylation sites is 1. The molecule has 182 valence electrons. The smallest absolute Gasteiger partial charge is 0.314 e. The van der Waals surface area contributed by atoms with Gasteiger partial charge in [0.1, 0.15) is 0 Å². The van der Waals surface area contributed by atoms with Crippen LogP contribution in [0.25, 0.3) is 21.9 Å². The molecule has 4 aromatic rings. The van der Waals surface area contributed by atoms with Crippen molar-refractivity contribution in [2.75, 3.05) is 0 Å². The Hall–Kier alpha value is -4.10. The van der Waals surface area contributed by atoms with Crippen molar-refractivity contribution in [3.8, 4) is 0 Å². The van der Waals surface area contributed by atoms with Gasteiger partial charge in [-0.3, -0.25) is 34.2 Å². The number of aromatic nitrogens is 3. The quantitative estimate of drug-likeness (QED) is 0.161. The normalized spacial score (nSPS) is 11.7. The molecule has 0 spiro atoms. The fourth-order valence-electron chi connectivity index (χ4n) is 3.85. The topological polar surface area (TPSA) is 188 Å². The summed E-state index contributed by atoms with van der Waals surface area (Å²) in [6, 6.07) is 8.62. The Balaban J connectivity index is 0.00000342. The van der Waals surface area contributed by atoms with Crippen LogP contribution in [0.5, 0.6) is 0 Å². The van der Waals surface area contributed by atoms with E-state index in [1.807, 2.05) is 24.3 Å². The fourth-order valence-corrected chi connectivity index (χ4v) is 3.85. The number of halogens is 1. The summed E-state index contributed by atoms with van der Waals surface area (Å²) >= 11 is 0. The molecule has 0 saturated heterocycles. The number of nitrogens with zero attached hydrogens (tertiary/aromatic N) is 2. The zero-order chi connectivity index (χ0) is 24.6. The third kappa shape index (κ3) is 5.05. The number of amides is 2. The van der Waals surface area contributed by atoms with Gasteiger partial charge in [-0.1, -0.05) is 18.2 Å². The Morgan fingerprint density at radius 1 is 1.09 bits per heavy atom. The van der Waals surface area contributed by atoms with E-state index in [4.69, 9.17) is 5.73 Å². The Bertz CT molecular complexity index is 1570. The number of benzene rings is 2. The van der Waals surface area contributed by atoms with Crippen molar-refractivity contribution in [1.29, 1.82) is 0 Å². The van der Waals surface area contributed by atoms with Gasteiger partial charge in [0.25, 0.3) is 5.69 Å². The number of carbonyl (C=O) groups excluding carboxylic acids is 2. The number of rotatable bonds is 6. The van der Waals surface area contributed by atoms with Crippen LogP contribution in [0, 0.1) is 10.1 Å². The highest BCUT2D eigenvalue weighted by Crippen LogP contribution is 2.24. The summed E-state index contributed by atoms with van der Waals surface area (Å²) in [6.07, 6.45) is 1.89. The lowest BCUT2D eigenvalue weighted by molar-refractivity contribution is -0.384. The minimum Gasteiger partial charge on any atom is -0.361 e. The third-order valence-electron chi connectivity index (χ3n) is 5.52. The van der Waals surface area contributed by atoms with E-state index in [0.29, 0.717) is 0 Å². The molecule has 2 aromatic carbocycles. The number of non-ortho nitro benzene ring substituents is 1. The van der Waals surface area contributed by atoms with E-state index in [9.17, 15) is 29.3 Å². The number of H-pyrrole nitrogens is 3. The first-order valence-electron chi connectivity index (χ1n) is 10.2. The molecule has 0 aliphatic rings. The number of fused-ring (bicyclic) bond motifs is 2. The lowest BCUT2D eigenvalue weighted by Crippen LogP contribution is -2.46. The van der Waals surface area contributed by atoms with Crippen LogP contribution in [0.15, 0.2) is 52.2 Å². The zero-order valence-corrected chi connectivity index (χ0v) is 20.1. The molecule has 0 saturated carbocycles. The molecule has 0 unspecified atom stereocenters. The first-order valence-corrected chi connectivity index (χ1v) is 10.2. The summed E-state index contributed by atoms with van der Waals surface area (Å²) in [5.74, 6) is -1.32. The summed E-state index contributed by atoms with van der Waals surface area (Å²) in [6.45, 7) is 0.774. The average molecular weight is 545 g/mol. The highest BCUT2D eigenvalue weighted by atomic mass is 79.9. The zero-order valence-electron chi connectivity index (χ0n) is 18.4. The van der Waals surface area contributed by atoms with Gasteiger partial charge >= 0.3 is 11.1 Å². The second-order valence-corrected chi connectivity index (χ2v) is 7.81. The molecule has 2 heterocycles. The number of imide groups is 1. The molecule has 5 N–H and O–H groups in total. The maximum absolute atomic E-state index is 13.1. The van der Waals surface area contributed by atoms with Gasteiger partial charge in [-0.15, -0.1) is 17.0 Å². The lowest BCUT2D eigenvalue weighted by atomic mass is 10.0.